The van der Waals surface area contributed by atoms with Crippen LogP contribution in [-0.4, -0.2) is 58.2 Å². The van der Waals surface area contributed by atoms with Gasteiger partial charge in [-0.3, -0.25) is 4.21 Å². The number of nitrogens with one attached hydrogen (secondary N) is 2. The number of rotatable bonds is 5. The lowest BCUT2D eigenvalue weighted by Crippen LogP contribution is -2.68. The Morgan fingerprint density at radius 3 is 2.48 bits per heavy atom. The van der Waals surface area contributed by atoms with Gasteiger partial charge in [0.05, 0.1) is 18.2 Å². The van der Waals surface area contributed by atoms with Crippen molar-refractivity contribution in [2.24, 2.45) is 0 Å². The lowest BCUT2D eigenvalue weighted by Gasteiger charge is -2.46. The number of amides is 1. The molecule has 1 aliphatic carbocycles. The van der Waals surface area contributed by atoms with Crippen molar-refractivity contribution in [2.45, 2.75) is 76.8 Å². The summed E-state index contributed by atoms with van der Waals surface area (Å²) < 4.78 is 22.6. The van der Waals surface area contributed by atoms with Crippen LogP contribution in [0.15, 0.2) is 0 Å². The van der Waals surface area contributed by atoms with Gasteiger partial charge >= 0.3 is 6.09 Å². The second kappa shape index (κ2) is 7.94. The van der Waals surface area contributed by atoms with Crippen molar-refractivity contribution in [3.05, 3.63) is 0 Å². The van der Waals surface area contributed by atoms with Crippen molar-refractivity contribution < 1.29 is 18.5 Å². The molecule has 2 fully saturated rings. The molecule has 3 atom stereocenters. The van der Waals surface area contributed by atoms with E-state index in [0.717, 1.165) is 30.8 Å². The molecule has 2 rings (SSSR count). The monoisotopic (exact) mass is 346 g/mol. The summed E-state index contributed by atoms with van der Waals surface area (Å²) in [5.74, 6) is 1.52. The van der Waals surface area contributed by atoms with E-state index < -0.39 is 16.4 Å². The average molecular weight is 346 g/mol. The fraction of sp³-hybridized carbons (Fsp3) is 0.938. The lowest BCUT2D eigenvalue weighted by molar-refractivity contribution is -0.0469. The van der Waals surface area contributed by atoms with Gasteiger partial charge in [0.25, 0.3) is 0 Å². The number of hydrogen-bond acceptors (Lipinski definition) is 5. The Balaban J connectivity index is 1.86. The van der Waals surface area contributed by atoms with Crippen molar-refractivity contribution in [1.82, 2.24) is 10.6 Å². The van der Waals surface area contributed by atoms with Gasteiger partial charge in [-0.15, -0.1) is 0 Å². The molecule has 1 saturated carbocycles. The zero-order valence-corrected chi connectivity index (χ0v) is 15.4. The summed E-state index contributed by atoms with van der Waals surface area (Å²) in [6.45, 7) is 8.21. The summed E-state index contributed by atoms with van der Waals surface area (Å²) in [6, 6.07) is 0.469. The van der Waals surface area contributed by atoms with Gasteiger partial charge in [0.15, 0.2) is 0 Å². The van der Waals surface area contributed by atoms with Gasteiger partial charge in [-0.05, 0) is 47.0 Å². The Morgan fingerprint density at radius 1 is 1.26 bits per heavy atom. The van der Waals surface area contributed by atoms with Gasteiger partial charge in [0, 0.05) is 35.0 Å². The molecular weight excluding hydrogens is 316 g/mol. The summed E-state index contributed by atoms with van der Waals surface area (Å²) in [6.07, 6.45) is 2.37. The van der Waals surface area contributed by atoms with Crippen LogP contribution < -0.4 is 10.6 Å². The summed E-state index contributed by atoms with van der Waals surface area (Å²) in [4.78, 5) is 12.0. The molecule has 2 aliphatic rings. The van der Waals surface area contributed by atoms with E-state index in [2.05, 4.69) is 10.6 Å². The van der Waals surface area contributed by atoms with Crippen LogP contribution in [0.2, 0.25) is 0 Å². The molecule has 1 aliphatic heterocycles. The third-order valence-electron chi connectivity index (χ3n) is 4.22. The highest BCUT2D eigenvalue weighted by molar-refractivity contribution is 7.85. The van der Waals surface area contributed by atoms with Crippen molar-refractivity contribution in [1.29, 1.82) is 0 Å². The molecule has 0 aromatic heterocycles. The number of carbonyl (C=O) groups is 1. The summed E-state index contributed by atoms with van der Waals surface area (Å²) in [7, 11) is -0.662. The first-order valence-corrected chi connectivity index (χ1v) is 9.99. The highest BCUT2D eigenvalue weighted by Gasteiger charge is 2.44. The molecule has 0 radical (unpaired) electrons. The number of alkyl carbamates (subject to hydrolysis) is 1. The SMILES string of the molecule is CCOC1CC(NC(=O)OC(C)(C)C)C1NC1CCS(=O)CC1. The molecule has 23 heavy (non-hydrogen) atoms. The lowest BCUT2D eigenvalue weighted by atomic mass is 9.82. The Kier molecular flexibility index (Phi) is 6.45. The van der Waals surface area contributed by atoms with E-state index in [4.69, 9.17) is 9.47 Å². The fourth-order valence-electron chi connectivity index (χ4n) is 3.06. The minimum Gasteiger partial charge on any atom is -0.444 e. The quantitative estimate of drug-likeness (QED) is 0.790. The van der Waals surface area contributed by atoms with Crippen LogP contribution in [-0.2, 0) is 20.3 Å². The Labute approximate surface area is 141 Å². The highest BCUT2D eigenvalue weighted by Crippen LogP contribution is 2.26. The zero-order valence-electron chi connectivity index (χ0n) is 14.6. The largest absolute Gasteiger partial charge is 0.444 e. The topological polar surface area (TPSA) is 76.7 Å². The van der Waals surface area contributed by atoms with E-state index in [-0.39, 0.29) is 24.3 Å². The minimum absolute atomic E-state index is 0.0221. The first kappa shape index (κ1) is 18.7. The number of carbonyl (C=O) groups excluding carboxylic acids is 1. The van der Waals surface area contributed by atoms with E-state index in [0.29, 0.717) is 12.6 Å². The smallest absolute Gasteiger partial charge is 0.407 e. The molecule has 2 N–H and O–H groups in total. The third-order valence-corrected chi connectivity index (χ3v) is 5.60. The van der Waals surface area contributed by atoms with Crippen LogP contribution in [0.4, 0.5) is 4.79 Å². The van der Waals surface area contributed by atoms with Crippen molar-refractivity contribution in [2.75, 3.05) is 18.1 Å². The second-order valence-electron chi connectivity index (χ2n) is 7.30. The van der Waals surface area contributed by atoms with Crippen molar-refractivity contribution in [3.8, 4) is 0 Å². The molecule has 1 amide bonds. The van der Waals surface area contributed by atoms with Gasteiger partial charge in [0.1, 0.15) is 5.60 Å². The molecule has 3 unspecified atom stereocenters. The summed E-state index contributed by atoms with van der Waals surface area (Å²) >= 11 is 0. The average Bonchev–Trinajstić information content (AvgIpc) is 2.43. The number of hydrogen-bond donors (Lipinski definition) is 2. The second-order valence-corrected chi connectivity index (χ2v) is 8.99. The highest BCUT2D eigenvalue weighted by atomic mass is 32.2. The predicted molar refractivity (Wildman–Crippen MR) is 91.0 cm³/mol. The maximum atomic E-state index is 12.0. The normalized spacial score (nSPS) is 34.5. The minimum atomic E-state index is -0.662. The maximum absolute atomic E-state index is 12.0. The first-order chi connectivity index (χ1) is 10.8. The van der Waals surface area contributed by atoms with Crippen LogP contribution >= 0.6 is 0 Å². The van der Waals surface area contributed by atoms with E-state index in [1.54, 1.807) is 0 Å². The Hall–Kier alpha value is -0.660. The van der Waals surface area contributed by atoms with Crippen LogP contribution in [0, 0.1) is 0 Å². The molecular formula is C16H30N2O4S. The van der Waals surface area contributed by atoms with Crippen LogP contribution in [0.5, 0.6) is 0 Å². The molecule has 1 heterocycles. The van der Waals surface area contributed by atoms with Crippen LogP contribution in [0.1, 0.15) is 47.0 Å². The third kappa shape index (κ3) is 5.72. The molecule has 7 heteroatoms. The maximum Gasteiger partial charge on any atom is 0.407 e. The van der Waals surface area contributed by atoms with Gasteiger partial charge in [-0.25, -0.2) is 4.79 Å². The molecule has 134 valence electrons. The molecule has 0 aromatic carbocycles. The van der Waals surface area contributed by atoms with Crippen molar-refractivity contribution >= 4 is 16.9 Å². The number of ether oxygens (including phenoxy) is 2. The Morgan fingerprint density at radius 2 is 1.91 bits per heavy atom. The summed E-state index contributed by atoms with van der Waals surface area (Å²) in [5, 5.41) is 6.55. The van der Waals surface area contributed by atoms with E-state index in [1.165, 1.54) is 0 Å². The van der Waals surface area contributed by atoms with Crippen LogP contribution in [0.25, 0.3) is 0 Å². The van der Waals surface area contributed by atoms with E-state index in [9.17, 15) is 9.00 Å². The molecule has 0 bridgehead atoms. The van der Waals surface area contributed by atoms with Gasteiger partial charge in [-0.1, -0.05) is 0 Å². The predicted octanol–water partition coefficient (Wildman–Crippen LogP) is 1.56. The summed E-state index contributed by atoms with van der Waals surface area (Å²) in [5.41, 5.74) is -0.497. The molecule has 0 spiro atoms. The van der Waals surface area contributed by atoms with Crippen molar-refractivity contribution in [3.63, 3.8) is 0 Å². The van der Waals surface area contributed by atoms with Gasteiger partial charge < -0.3 is 20.1 Å². The van der Waals surface area contributed by atoms with Gasteiger partial charge in [0.2, 0.25) is 0 Å². The fourth-order valence-corrected chi connectivity index (χ4v) is 4.36. The molecule has 0 aromatic rings. The Bertz CT molecular complexity index is 428. The standard InChI is InChI=1S/C16H30N2O4S/c1-5-21-13-10-12(18-15(19)22-16(2,3)4)14(13)17-11-6-8-23(20)9-7-11/h11-14,17H,5-10H2,1-4H3,(H,18,19). The van der Waals surface area contributed by atoms with E-state index >= 15 is 0 Å². The van der Waals surface area contributed by atoms with E-state index in [1.807, 2.05) is 27.7 Å². The molecule has 6 nitrogen and oxygen atoms in total. The zero-order chi connectivity index (χ0) is 17.0. The first-order valence-electron chi connectivity index (χ1n) is 8.50. The van der Waals surface area contributed by atoms with Crippen LogP contribution in [0.3, 0.4) is 0 Å². The molecule has 1 saturated heterocycles. The van der Waals surface area contributed by atoms with Gasteiger partial charge in [-0.2, -0.15) is 0 Å².